The summed E-state index contributed by atoms with van der Waals surface area (Å²) in [4.78, 5) is 90.7. The molecule has 12 N–H and O–H groups in total. The fourth-order valence-electron chi connectivity index (χ4n) is 8.52. The van der Waals surface area contributed by atoms with Crippen LogP contribution in [0.25, 0.3) is 0 Å². The molecule has 0 spiro atoms. The number of rotatable bonds is 17. The number of nitrogens with one attached hydrogen (secondary N) is 8. The van der Waals surface area contributed by atoms with Gasteiger partial charge >= 0.3 is 0 Å². The van der Waals surface area contributed by atoms with Crippen molar-refractivity contribution in [3.63, 3.8) is 0 Å². The molecule has 14 atom stereocenters. The van der Waals surface area contributed by atoms with E-state index in [1.807, 2.05) is 0 Å². The summed E-state index contributed by atoms with van der Waals surface area (Å²) >= 11 is 0. The van der Waals surface area contributed by atoms with Gasteiger partial charge in [-0.3, -0.25) is 39.1 Å². The number of hydrogen-bond donors (Lipinski definition) is 12. The second kappa shape index (κ2) is 23.1. The molecule has 69 heavy (non-hydrogen) atoms. The van der Waals surface area contributed by atoms with Crippen LogP contribution >= 0.6 is 0 Å². The smallest absolute Gasteiger partial charge is 0.274 e. The van der Waals surface area contributed by atoms with Crippen LogP contribution in [0.2, 0.25) is 0 Å². The number of ether oxygens (including phenoxy) is 2. The Labute approximate surface area is 398 Å². The molecule has 5 heterocycles. The van der Waals surface area contributed by atoms with E-state index < -0.39 is 126 Å². The first-order chi connectivity index (χ1) is 32.8. The topological polar surface area (TPSA) is 336 Å². The number of carbonyl (C=O) groups is 6. The largest absolute Gasteiger partial charge is 0.506 e. The number of amides is 6. The number of aliphatic hydroxyl groups excluding tert-OH is 2. The van der Waals surface area contributed by atoms with Gasteiger partial charge in [0, 0.05) is 43.1 Å². The molecule has 2 aromatic heterocycles. The molecule has 3 aliphatic heterocycles. The third-order valence-corrected chi connectivity index (χ3v) is 12.7. The van der Waals surface area contributed by atoms with E-state index in [0.29, 0.717) is 13.0 Å². The molecule has 3 aliphatic rings. The van der Waals surface area contributed by atoms with Gasteiger partial charge in [-0.2, -0.15) is 0 Å². The number of aromatic nitrogens is 2. The highest BCUT2D eigenvalue weighted by molar-refractivity contribution is 5.99. The van der Waals surface area contributed by atoms with E-state index in [4.69, 9.17) is 14.9 Å². The quantitative estimate of drug-likeness (QED) is 0.0592. The third kappa shape index (κ3) is 12.9. The zero-order chi connectivity index (χ0) is 50.1. The van der Waals surface area contributed by atoms with E-state index in [9.17, 15) is 49.2 Å². The summed E-state index contributed by atoms with van der Waals surface area (Å²) < 4.78 is 11.8. The Morgan fingerprint density at radius 3 is 2.17 bits per heavy atom. The average molecular weight is 959 g/mol. The van der Waals surface area contributed by atoms with Crippen molar-refractivity contribution in [2.45, 2.75) is 133 Å². The van der Waals surface area contributed by atoms with Gasteiger partial charge in [-0.05, 0) is 69.9 Å². The lowest BCUT2D eigenvalue weighted by atomic mass is 9.88. The van der Waals surface area contributed by atoms with Gasteiger partial charge in [0.1, 0.15) is 35.3 Å². The molecule has 0 radical (unpaired) electrons. The van der Waals surface area contributed by atoms with Gasteiger partial charge in [0.15, 0.2) is 11.9 Å². The molecular weight excluding hydrogens is 897 g/mol. The molecule has 22 heteroatoms. The van der Waals surface area contributed by atoms with Crippen LogP contribution in [0.3, 0.4) is 0 Å². The number of aliphatic hydroxyl groups is 2. The maximum atomic E-state index is 14.1. The SMILES string of the molecule is CC(=N)C(NC(O)c1ncccc1O)C(C)NC(=O)C(NC(=O)C(C)CC1CC(C2NC(=O)C(C)C(O)C(Cc3ccccc3)NC(=O)C(NC(=O)c3ncccc3O)C(C)NC2=O)O1)C1CCO1. The van der Waals surface area contributed by atoms with Crippen LogP contribution in [-0.4, -0.2) is 145 Å². The van der Waals surface area contributed by atoms with E-state index in [1.54, 1.807) is 44.2 Å². The number of benzene rings is 1. The summed E-state index contributed by atoms with van der Waals surface area (Å²) in [7, 11) is 0. The predicted octanol–water partition coefficient (Wildman–Crippen LogP) is -0.635. The van der Waals surface area contributed by atoms with Crippen LogP contribution in [0.5, 0.6) is 11.5 Å². The van der Waals surface area contributed by atoms with Gasteiger partial charge in [-0.1, -0.05) is 44.2 Å². The standard InChI is InChI=1S/C47H62N10O12/c1-22(41(61)56-38(32-15-18-68-32)46(66)51-25(4)34(24(3)48)54-44(64)36-30(58)13-9-16-49-36)19-28-21-33(69-28)39-47(67)52-26(5)35(55-45(65)37-31(59)14-10-17-50-37)43(63)53-29(20-27-11-7-6-8-12-27)40(60)23(2)42(62)57-39/h6-14,16-17,22-23,25-26,28-29,32-35,38-40,44,48,54,58-60,64H,15,18-21H2,1-5H3,(H,51,66)(H,52,67)(H,53,63)(H,55,65)(H,56,61)(H,57,62). The van der Waals surface area contributed by atoms with Gasteiger partial charge in [0.05, 0.1) is 48.5 Å². The van der Waals surface area contributed by atoms with Crippen LogP contribution in [0.15, 0.2) is 67.0 Å². The minimum Gasteiger partial charge on any atom is -0.506 e. The average Bonchev–Trinajstić information content (AvgIpc) is 3.28. The molecule has 0 bridgehead atoms. The Kier molecular flexibility index (Phi) is 17.4. The molecule has 6 amide bonds. The van der Waals surface area contributed by atoms with Crippen molar-refractivity contribution in [3.8, 4) is 11.5 Å². The number of aromatic hydroxyl groups is 2. The maximum Gasteiger partial charge on any atom is 0.274 e. The summed E-state index contributed by atoms with van der Waals surface area (Å²) in [6.07, 6.45) is -1.46. The molecular formula is C47H62N10O12. The van der Waals surface area contributed by atoms with Crippen molar-refractivity contribution in [1.29, 1.82) is 5.41 Å². The zero-order valence-corrected chi connectivity index (χ0v) is 38.9. The molecule has 1 aromatic carbocycles. The Bertz CT molecular complexity index is 2330. The monoisotopic (exact) mass is 958 g/mol. The van der Waals surface area contributed by atoms with Crippen molar-refractivity contribution >= 4 is 41.2 Å². The normalized spacial score (nSPS) is 27.3. The molecule has 3 aromatic rings. The van der Waals surface area contributed by atoms with Crippen molar-refractivity contribution < 1.29 is 58.7 Å². The van der Waals surface area contributed by atoms with E-state index in [2.05, 4.69) is 47.2 Å². The fourth-order valence-corrected chi connectivity index (χ4v) is 8.52. The summed E-state index contributed by atoms with van der Waals surface area (Å²) in [6, 6.07) is 6.68. The lowest BCUT2D eigenvalue weighted by Gasteiger charge is -2.42. The molecule has 22 nitrogen and oxygen atoms in total. The lowest BCUT2D eigenvalue weighted by Crippen LogP contribution is -2.66. The lowest BCUT2D eigenvalue weighted by molar-refractivity contribution is -0.165. The molecule has 0 saturated carbocycles. The highest BCUT2D eigenvalue weighted by atomic mass is 16.5. The number of carbonyl (C=O) groups excluding carboxylic acids is 6. The second-order valence-corrected chi connectivity index (χ2v) is 18.0. The Morgan fingerprint density at radius 1 is 0.884 bits per heavy atom. The van der Waals surface area contributed by atoms with Gasteiger partial charge in [0.25, 0.3) is 5.91 Å². The Hall–Kier alpha value is -6.59. The van der Waals surface area contributed by atoms with Crippen molar-refractivity contribution in [2.24, 2.45) is 11.8 Å². The van der Waals surface area contributed by atoms with Gasteiger partial charge in [-0.15, -0.1) is 0 Å². The number of nitrogens with zero attached hydrogens (tertiary/aromatic N) is 2. The van der Waals surface area contributed by atoms with Crippen LogP contribution in [-0.2, 0) is 39.9 Å². The summed E-state index contributed by atoms with van der Waals surface area (Å²) in [5.74, 6) is -6.83. The van der Waals surface area contributed by atoms with E-state index in [1.165, 1.54) is 57.4 Å². The molecule has 3 fully saturated rings. The van der Waals surface area contributed by atoms with Crippen molar-refractivity contribution in [1.82, 2.24) is 47.2 Å². The van der Waals surface area contributed by atoms with Gasteiger partial charge < -0.3 is 67.2 Å². The molecule has 14 unspecified atom stereocenters. The molecule has 6 rings (SSSR count). The molecule has 0 aliphatic carbocycles. The zero-order valence-electron chi connectivity index (χ0n) is 38.9. The summed E-state index contributed by atoms with van der Waals surface area (Å²) in [6.45, 7) is 8.05. The molecule has 3 saturated heterocycles. The predicted molar refractivity (Wildman–Crippen MR) is 246 cm³/mol. The van der Waals surface area contributed by atoms with Crippen LogP contribution in [0.4, 0.5) is 0 Å². The van der Waals surface area contributed by atoms with E-state index in [-0.39, 0.29) is 42.1 Å². The first-order valence-electron chi connectivity index (χ1n) is 22.9. The Balaban J connectivity index is 1.11. The fraction of sp³-hybridized carbons (Fsp3) is 0.511. The third-order valence-electron chi connectivity index (χ3n) is 12.7. The minimum absolute atomic E-state index is 0.0615. The van der Waals surface area contributed by atoms with E-state index in [0.717, 1.165) is 5.56 Å². The van der Waals surface area contributed by atoms with Crippen LogP contribution < -0.4 is 37.2 Å². The first kappa shape index (κ1) is 51.8. The van der Waals surface area contributed by atoms with E-state index >= 15 is 0 Å². The van der Waals surface area contributed by atoms with Crippen molar-refractivity contribution in [3.05, 3.63) is 83.9 Å². The summed E-state index contributed by atoms with van der Waals surface area (Å²) in [5, 5.41) is 70.4. The summed E-state index contributed by atoms with van der Waals surface area (Å²) in [5.41, 5.74) is 0.373. The highest BCUT2D eigenvalue weighted by Gasteiger charge is 2.46. The van der Waals surface area contributed by atoms with Crippen molar-refractivity contribution in [2.75, 3.05) is 6.61 Å². The number of pyridine rings is 2. The van der Waals surface area contributed by atoms with Gasteiger partial charge in [-0.25, -0.2) is 4.98 Å². The maximum absolute atomic E-state index is 14.1. The first-order valence-corrected chi connectivity index (χ1v) is 22.9. The number of hydrogen-bond acceptors (Lipinski definition) is 16. The second-order valence-electron chi connectivity index (χ2n) is 18.0. The van der Waals surface area contributed by atoms with Crippen LogP contribution in [0.1, 0.15) is 81.9 Å². The minimum atomic E-state index is -1.48. The molecule has 372 valence electrons. The van der Waals surface area contributed by atoms with Gasteiger partial charge in [0.2, 0.25) is 29.5 Å². The van der Waals surface area contributed by atoms with Crippen LogP contribution in [0, 0.1) is 17.2 Å². The highest BCUT2D eigenvalue weighted by Crippen LogP contribution is 2.30. The Morgan fingerprint density at radius 2 is 1.55 bits per heavy atom.